The van der Waals surface area contributed by atoms with Crippen LogP contribution < -0.4 is 15.2 Å². The van der Waals surface area contributed by atoms with E-state index in [0.29, 0.717) is 0 Å². The molecule has 0 fully saturated rings. The highest BCUT2D eigenvalue weighted by molar-refractivity contribution is 14.1. The second-order valence-corrected chi connectivity index (χ2v) is 14.9. The standard InChI is InChI=1S/C28H31IN2O2Si/c1-30(2)19-11-13-23-25(17-19)34(5,16-8-15-29)26-18-20(31(3)4)12-14-24(26)27(23)21-9-6-7-10-22(21)28(32)33/h6-7,9-14,17-18H,8,15-16H2,1-5H3. The van der Waals surface area contributed by atoms with Gasteiger partial charge in [-0.05, 0) is 67.8 Å². The van der Waals surface area contributed by atoms with Crippen LogP contribution >= 0.6 is 22.6 Å². The van der Waals surface area contributed by atoms with Crippen molar-refractivity contribution >= 4 is 58.8 Å². The number of benzene rings is 2. The Balaban J connectivity index is 2.14. The van der Waals surface area contributed by atoms with E-state index in [1.165, 1.54) is 21.8 Å². The summed E-state index contributed by atoms with van der Waals surface area (Å²) in [6.45, 7) is 2.48. The van der Waals surface area contributed by atoms with Crippen LogP contribution in [0.2, 0.25) is 12.6 Å². The molecule has 0 aromatic heterocycles. The molecule has 176 valence electrons. The Morgan fingerprint density at radius 1 is 1.09 bits per heavy atom. The van der Waals surface area contributed by atoms with E-state index in [4.69, 9.17) is 0 Å². The third-order valence-electron chi connectivity index (χ3n) is 6.99. The molecule has 1 aliphatic heterocycles. The molecule has 1 aliphatic carbocycles. The van der Waals surface area contributed by atoms with E-state index in [0.717, 1.165) is 39.2 Å². The van der Waals surface area contributed by atoms with Crippen LogP contribution in [0.4, 0.5) is 5.69 Å². The Morgan fingerprint density at radius 3 is 2.47 bits per heavy atom. The second kappa shape index (κ2) is 9.66. The summed E-state index contributed by atoms with van der Waals surface area (Å²) < 4.78 is 3.27. The monoisotopic (exact) mass is 582 g/mol. The topological polar surface area (TPSA) is 46.4 Å². The first kappa shape index (κ1) is 24.7. The smallest absolute Gasteiger partial charge is 0.199 e. The summed E-state index contributed by atoms with van der Waals surface area (Å²) in [5.41, 5.74) is 6.63. The summed E-state index contributed by atoms with van der Waals surface area (Å²) in [5, 5.41) is 14.9. The number of allylic oxidation sites excluding steroid dienone is 5. The highest BCUT2D eigenvalue weighted by Crippen LogP contribution is 2.44. The number of hydrogen-bond donors (Lipinski definition) is 0. The van der Waals surface area contributed by atoms with Crippen LogP contribution in [0.3, 0.4) is 0 Å². The van der Waals surface area contributed by atoms with E-state index < -0.39 is 14.0 Å². The molecule has 4 nitrogen and oxygen atoms in total. The lowest BCUT2D eigenvalue weighted by Gasteiger charge is -2.41. The Kier molecular flexibility index (Phi) is 7.01. The number of anilines is 1. The van der Waals surface area contributed by atoms with Crippen LogP contribution in [0.15, 0.2) is 71.5 Å². The molecule has 0 amide bonds. The van der Waals surface area contributed by atoms with Gasteiger partial charge in [-0.25, -0.2) is 4.58 Å². The lowest BCUT2D eigenvalue weighted by atomic mass is 9.87. The van der Waals surface area contributed by atoms with Crippen molar-refractivity contribution in [1.29, 1.82) is 0 Å². The first-order chi connectivity index (χ1) is 16.2. The molecule has 0 spiro atoms. The zero-order chi connectivity index (χ0) is 24.6. The molecular formula is C28H31IN2O2Si. The van der Waals surface area contributed by atoms with Gasteiger partial charge in [0.2, 0.25) is 0 Å². The lowest BCUT2D eigenvalue weighted by Crippen LogP contribution is -2.52. The normalized spacial score (nSPS) is 18.9. The SMILES string of the molecule is CN(C)c1ccc2c(c1)[Si@](C)(CCCI)C1=CC(=[N+](C)C)C=CC1=C2c1ccccc1C(=O)[O-]. The summed E-state index contributed by atoms with van der Waals surface area (Å²) in [4.78, 5) is 14.3. The highest BCUT2D eigenvalue weighted by atomic mass is 127. The molecule has 0 bridgehead atoms. The van der Waals surface area contributed by atoms with Crippen LogP contribution in [0.25, 0.3) is 5.57 Å². The van der Waals surface area contributed by atoms with E-state index >= 15 is 0 Å². The van der Waals surface area contributed by atoms with Crippen LogP contribution in [0.1, 0.15) is 27.9 Å². The minimum Gasteiger partial charge on any atom is -0.545 e. The van der Waals surface area contributed by atoms with Gasteiger partial charge in [0, 0.05) is 37.5 Å². The summed E-state index contributed by atoms with van der Waals surface area (Å²) in [6.07, 6.45) is 7.85. The molecule has 0 N–H and O–H groups in total. The van der Waals surface area contributed by atoms with Crippen LogP contribution in [0.5, 0.6) is 0 Å². The predicted octanol–water partition coefficient (Wildman–Crippen LogP) is 3.79. The maximum absolute atomic E-state index is 12.1. The van der Waals surface area contributed by atoms with Crippen molar-refractivity contribution in [3.8, 4) is 0 Å². The molecule has 2 aromatic rings. The van der Waals surface area contributed by atoms with Gasteiger partial charge in [0.1, 0.15) is 22.2 Å². The summed E-state index contributed by atoms with van der Waals surface area (Å²) >= 11 is 2.48. The lowest BCUT2D eigenvalue weighted by molar-refractivity contribution is -0.462. The van der Waals surface area contributed by atoms with E-state index in [1.807, 2.05) is 12.1 Å². The molecule has 1 atom stereocenters. The van der Waals surface area contributed by atoms with E-state index in [2.05, 4.69) is 103 Å². The Hall–Kier alpha value is -2.45. The van der Waals surface area contributed by atoms with E-state index in [9.17, 15) is 9.90 Å². The van der Waals surface area contributed by atoms with Gasteiger partial charge in [0.05, 0.1) is 5.97 Å². The van der Waals surface area contributed by atoms with Crippen LogP contribution in [-0.4, -0.2) is 56.9 Å². The number of halogens is 1. The molecule has 0 saturated heterocycles. The number of rotatable bonds is 6. The number of carbonyl (C=O) groups is 1. The largest absolute Gasteiger partial charge is 0.545 e. The third kappa shape index (κ3) is 4.22. The molecule has 2 aliphatic rings. The number of hydrogen-bond acceptors (Lipinski definition) is 3. The van der Waals surface area contributed by atoms with Crippen molar-refractivity contribution in [3.05, 3.63) is 88.2 Å². The molecule has 34 heavy (non-hydrogen) atoms. The first-order valence-corrected chi connectivity index (χ1v) is 15.8. The summed E-state index contributed by atoms with van der Waals surface area (Å²) in [5.74, 6) is -1.14. The van der Waals surface area contributed by atoms with E-state index in [1.54, 1.807) is 12.1 Å². The Labute approximate surface area is 217 Å². The molecule has 0 unspecified atom stereocenters. The highest BCUT2D eigenvalue weighted by Gasteiger charge is 2.43. The molecule has 6 heteroatoms. The number of carboxylic acids is 1. The quantitative estimate of drug-likeness (QED) is 0.226. The van der Waals surface area contributed by atoms with Crippen molar-refractivity contribution in [2.45, 2.75) is 19.0 Å². The van der Waals surface area contributed by atoms with Gasteiger partial charge in [0.25, 0.3) is 0 Å². The Bertz CT molecular complexity index is 1290. The molecular weight excluding hydrogens is 551 g/mol. The van der Waals surface area contributed by atoms with Gasteiger partial charge < -0.3 is 14.8 Å². The van der Waals surface area contributed by atoms with E-state index in [-0.39, 0.29) is 5.56 Å². The summed E-state index contributed by atoms with van der Waals surface area (Å²) in [7, 11) is 6.17. The maximum atomic E-state index is 12.1. The fraction of sp³-hybridized carbons (Fsp3) is 0.286. The van der Waals surface area contributed by atoms with Crippen molar-refractivity contribution < 1.29 is 14.5 Å². The average Bonchev–Trinajstić information content (AvgIpc) is 2.82. The van der Waals surface area contributed by atoms with Crippen LogP contribution in [0, 0.1) is 0 Å². The van der Waals surface area contributed by atoms with Gasteiger partial charge in [-0.15, -0.1) is 0 Å². The zero-order valence-electron chi connectivity index (χ0n) is 20.5. The van der Waals surface area contributed by atoms with Crippen molar-refractivity contribution in [2.24, 2.45) is 0 Å². The third-order valence-corrected chi connectivity index (χ3v) is 12.3. The van der Waals surface area contributed by atoms with Gasteiger partial charge in [-0.1, -0.05) is 59.5 Å². The number of fused-ring (bicyclic) bond motifs is 2. The van der Waals surface area contributed by atoms with Gasteiger partial charge in [0.15, 0.2) is 5.71 Å². The van der Waals surface area contributed by atoms with Crippen LogP contribution in [-0.2, 0) is 0 Å². The van der Waals surface area contributed by atoms with Crippen molar-refractivity contribution in [2.75, 3.05) is 37.5 Å². The van der Waals surface area contributed by atoms with Crippen molar-refractivity contribution in [1.82, 2.24) is 0 Å². The van der Waals surface area contributed by atoms with Gasteiger partial charge >= 0.3 is 0 Å². The maximum Gasteiger partial charge on any atom is 0.199 e. The minimum atomic E-state index is -2.11. The fourth-order valence-corrected chi connectivity index (χ4v) is 10.5. The number of nitrogens with zero attached hydrogens (tertiary/aromatic N) is 2. The molecule has 1 heterocycles. The first-order valence-electron chi connectivity index (χ1n) is 11.6. The van der Waals surface area contributed by atoms with Crippen molar-refractivity contribution in [3.63, 3.8) is 0 Å². The number of alkyl halides is 1. The predicted molar refractivity (Wildman–Crippen MR) is 151 cm³/mol. The number of aromatic carboxylic acids is 1. The zero-order valence-corrected chi connectivity index (χ0v) is 23.6. The second-order valence-electron chi connectivity index (χ2n) is 9.58. The minimum absolute atomic E-state index is 0.236. The molecule has 0 saturated carbocycles. The number of carboxylic acid groups (broad SMARTS) is 1. The Morgan fingerprint density at radius 2 is 1.82 bits per heavy atom. The number of carbonyl (C=O) groups excluding carboxylic acids is 1. The molecule has 2 aromatic carbocycles. The molecule has 4 rings (SSSR count). The summed E-state index contributed by atoms with van der Waals surface area (Å²) in [6, 6.07) is 15.1. The van der Waals surface area contributed by atoms with Gasteiger partial charge in [-0.2, -0.15) is 0 Å². The average molecular weight is 583 g/mol. The molecule has 0 radical (unpaired) electrons. The fourth-order valence-electron chi connectivity index (χ4n) is 5.12. The van der Waals surface area contributed by atoms with Gasteiger partial charge in [-0.3, -0.25) is 0 Å².